The van der Waals surface area contributed by atoms with Crippen LogP contribution in [0.2, 0.25) is 0 Å². The molecular weight excluding hydrogens is 506 g/mol. The van der Waals surface area contributed by atoms with E-state index in [4.69, 9.17) is 14.8 Å². The number of imidazole rings is 1. The van der Waals surface area contributed by atoms with Gasteiger partial charge in [0.15, 0.2) is 11.3 Å². The number of rotatable bonds is 8. The lowest BCUT2D eigenvalue weighted by molar-refractivity contribution is -0.610. The largest absolute Gasteiger partial charge is 1.00 e. The molecule has 188 valence electrons. The van der Waals surface area contributed by atoms with E-state index in [1.807, 2.05) is 57.5 Å². The number of halogens is 1. The monoisotopic (exact) mass is 535 g/mol. The number of carboxylic acids is 1. The van der Waals surface area contributed by atoms with Crippen molar-refractivity contribution in [1.29, 1.82) is 0 Å². The van der Waals surface area contributed by atoms with E-state index in [1.165, 1.54) is 0 Å². The van der Waals surface area contributed by atoms with Crippen molar-refractivity contribution in [2.75, 3.05) is 12.9 Å². The second kappa shape index (κ2) is 10.0. The maximum absolute atomic E-state index is 13.0. The second-order valence-electron chi connectivity index (χ2n) is 9.61. The summed E-state index contributed by atoms with van der Waals surface area (Å²) in [5.41, 5.74) is 4.73. The highest BCUT2D eigenvalue weighted by atomic mass is 35.5. The number of fused-ring (bicyclic) bond motifs is 2. The molecule has 2 heterocycles. The average Bonchev–Trinajstić information content (AvgIpc) is 3.25. The van der Waals surface area contributed by atoms with Gasteiger partial charge in [0.05, 0.1) is 25.5 Å². The van der Waals surface area contributed by atoms with Crippen molar-refractivity contribution in [3.8, 4) is 11.7 Å². The van der Waals surface area contributed by atoms with Gasteiger partial charge < -0.3 is 22.3 Å². The van der Waals surface area contributed by atoms with Gasteiger partial charge >= 0.3 is 11.9 Å². The molecule has 0 saturated carbocycles. The van der Waals surface area contributed by atoms with E-state index < -0.39 is 16.8 Å². The van der Waals surface area contributed by atoms with E-state index in [-0.39, 0.29) is 24.6 Å². The van der Waals surface area contributed by atoms with Gasteiger partial charge in [-0.1, -0.05) is 26.6 Å². The van der Waals surface area contributed by atoms with Gasteiger partial charge in [0.1, 0.15) is 17.0 Å². The molecule has 1 aliphatic rings. The predicted octanol–water partition coefficient (Wildman–Crippen LogP) is 1.65. The van der Waals surface area contributed by atoms with Crippen LogP contribution in [0.3, 0.4) is 0 Å². The van der Waals surface area contributed by atoms with Crippen molar-refractivity contribution in [2.24, 2.45) is 0 Å². The summed E-state index contributed by atoms with van der Waals surface area (Å²) in [6.45, 7) is 9.97. The molecule has 35 heavy (non-hydrogen) atoms. The minimum atomic E-state index is -0.789. The van der Waals surface area contributed by atoms with Gasteiger partial charge in [0.25, 0.3) is 0 Å². The Kier molecular flexibility index (Phi) is 7.84. The number of ether oxygens (including phenoxy) is 1. The number of H-pyrrole nitrogens is 1. The molecule has 2 aromatic heterocycles. The number of carbonyl (C=O) groups excluding carboxylic acids is 1. The zero-order valence-electron chi connectivity index (χ0n) is 20.7. The van der Waals surface area contributed by atoms with E-state index in [1.54, 1.807) is 28.7 Å². The Morgan fingerprint density at radius 3 is 2.46 bits per heavy atom. The Balaban J connectivity index is 0.00000342. The summed E-state index contributed by atoms with van der Waals surface area (Å²) < 4.78 is 7.56. The average molecular weight is 536 g/mol. The molecule has 3 aromatic rings. The number of aromatic nitrogens is 3. The van der Waals surface area contributed by atoms with Crippen molar-refractivity contribution < 1.29 is 36.4 Å². The first kappa shape index (κ1) is 27.4. The maximum Gasteiger partial charge on any atom is 0.402 e. The van der Waals surface area contributed by atoms with E-state index in [0.29, 0.717) is 17.5 Å². The second-order valence-corrected chi connectivity index (χ2v) is 12.2. The van der Waals surface area contributed by atoms with Crippen LogP contribution in [0.5, 0.6) is 5.75 Å². The van der Waals surface area contributed by atoms with Gasteiger partial charge in [-0.05, 0) is 57.9 Å². The molecule has 0 bridgehead atoms. The number of benzene rings is 1. The van der Waals surface area contributed by atoms with Gasteiger partial charge in [-0.15, -0.1) is 0 Å². The van der Waals surface area contributed by atoms with Gasteiger partial charge in [-0.2, -0.15) is 0 Å². The summed E-state index contributed by atoms with van der Waals surface area (Å²) in [5, 5.41) is 8.87. The Labute approximate surface area is 219 Å². The molecule has 0 fully saturated rings. The van der Waals surface area contributed by atoms with Gasteiger partial charge in [-0.25, -0.2) is 9.55 Å². The lowest BCUT2D eigenvalue weighted by atomic mass is 9.80. The van der Waals surface area contributed by atoms with Crippen molar-refractivity contribution in [3.63, 3.8) is 0 Å². The molecule has 10 heteroatoms. The molecule has 0 radical (unpaired) electrons. The van der Waals surface area contributed by atoms with Crippen molar-refractivity contribution in [2.45, 2.75) is 57.6 Å². The molecule has 4 rings (SSSR count). The Morgan fingerprint density at radius 1 is 1.17 bits per heavy atom. The number of carbonyl (C=O) groups is 2. The van der Waals surface area contributed by atoms with Crippen LogP contribution in [0.4, 0.5) is 0 Å². The Bertz CT molecular complexity index is 1250. The van der Waals surface area contributed by atoms with Crippen LogP contribution in [-0.4, -0.2) is 39.7 Å². The van der Waals surface area contributed by atoms with Crippen molar-refractivity contribution in [3.05, 3.63) is 46.8 Å². The molecule has 0 atom stereocenters. The van der Waals surface area contributed by atoms with Crippen molar-refractivity contribution >= 4 is 44.4 Å². The van der Waals surface area contributed by atoms with Gasteiger partial charge in [-0.3, -0.25) is 9.59 Å². The number of aromatic amines is 1. The number of hydrogen-bond acceptors (Lipinski definition) is 6. The molecule has 1 aliphatic carbocycles. The molecule has 2 N–H and O–H groups in total. The van der Waals surface area contributed by atoms with Crippen LogP contribution in [0.1, 0.15) is 56.5 Å². The number of ketones is 1. The summed E-state index contributed by atoms with van der Waals surface area (Å²) >= 11 is 0. The molecular formula is C25H30ClN3O4S2. The highest BCUT2D eigenvalue weighted by molar-refractivity contribution is 8.76. The third-order valence-electron chi connectivity index (χ3n) is 6.69. The Morgan fingerprint density at radius 2 is 1.83 bits per heavy atom. The number of nitrogens with one attached hydrogen (secondary N) is 1. The summed E-state index contributed by atoms with van der Waals surface area (Å²) in [7, 11) is 4.80. The number of hydrogen-bond donors (Lipinski definition) is 2. The summed E-state index contributed by atoms with van der Waals surface area (Å²) in [4.78, 5) is 32.2. The van der Waals surface area contributed by atoms with Crippen LogP contribution in [0.25, 0.3) is 17.0 Å². The third-order valence-corrected chi connectivity index (χ3v) is 8.97. The predicted molar refractivity (Wildman–Crippen MR) is 136 cm³/mol. The number of nitrogens with zero attached hydrogens (tertiary/aromatic N) is 2. The fraction of sp³-hybridized carbons (Fsp3) is 0.440. The number of methoxy groups -OCH3 is 1. The lowest BCUT2D eigenvalue weighted by Crippen LogP contribution is -3.00. The number of Topliss-reactive ketones (excluding diaryl/α,β-unsaturated/α-hetero) is 1. The van der Waals surface area contributed by atoms with Gasteiger partial charge in [0, 0.05) is 28.2 Å². The standard InChI is InChI=1S/C25H29N3O4S2.ClH/c1-14-19(13-34-33-10-8-21(29)30)28(9-7-20(14)32-6)23-26-17-11-15-16(12-18(17)27-23)25(4,5)22(31)24(15,2)3;/h7,9,11-12H,8,10,13H2,1-6H3,(H-,26,27,29,30);1H. The van der Waals surface area contributed by atoms with E-state index in [9.17, 15) is 9.59 Å². The molecule has 0 saturated heterocycles. The van der Waals surface area contributed by atoms with Crippen LogP contribution in [0, 0.1) is 6.92 Å². The van der Waals surface area contributed by atoms with Gasteiger partial charge in [0.2, 0.25) is 0 Å². The van der Waals surface area contributed by atoms with Crippen LogP contribution in [0.15, 0.2) is 24.4 Å². The highest BCUT2D eigenvalue weighted by Gasteiger charge is 2.50. The van der Waals surface area contributed by atoms with Crippen LogP contribution < -0.4 is 21.7 Å². The Hall–Kier alpha value is -2.23. The number of carboxylic acid groups (broad SMARTS) is 1. The molecule has 0 aliphatic heterocycles. The SMILES string of the molecule is COc1cc[n+](-c2nc3cc4c(cc3[nH]2)C(C)(C)C(=O)C4(C)C)c(CSSCCC(=O)O)c1C.[Cl-]. The fourth-order valence-electron chi connectivity index (χ4n) is 4.78. The minimum Gasteiger partial charge on any atom is -1.00 e. The molecule has 1 aromatic carbocycles. The highest BCUT2D eigenvalue weighted by Crippen LogP contribution is 2.47. The van der Waals surface area contributed by atoms with Crippen molar-refractivity contribution in [1.82, 2.24) is 9.97 Å². The maximum atomic E-state index is 13.0. The molecule has 0 spiro atoms. The van der Waals surface area contributed by atoms with E-state index in [0.717, 1.165) is 39.2 Å². The summed E-state index contributed by atoms with van der Waals surface area (Å²) in [6, 6.07) is 6.03. The molecule has 7 nitrogen and oxygen atoms in total. The zero-order chi connectivity index (χ0) is 24.8. The summed E-state index contributed by atoms with van der Waals surface area (Å²) in [5.74, 6) is 2.13. The van der Waals surface area contributed by atoms with E-state index in [2.05, 4.69) is 11.1 Å². The normalized spacial score (nSPS) is 15.7. The minimum absolute atomic E-state index is 0. The first-order valence-corrected chi connectivity index (χ1v) is 13.6. The summed E-state index contributed by atoms with van der Waals surface area (Å²) in [6.07, 6.45) is 2.07. The number of aliphatic carboxylic acids is 1. The van der Waals surface area contributed by atoms with E-state index >= 15 is 0 Å². The smallest absolute Gasteiger partial charge is 0.402 e. The first-order chi connectivity index (χ1) is 16.0. The number of pyridine rings is 1. The van der Waals surface area contributed by atoms with Crippen LogP contribution >= 0.6 is 21.6 Å². The quantitative estimate of drug-likeness (QED) is 0.257. The lowest BCUT2D eigenvalue weighted by Gasteiger charge is -2.21. The fourth-order valence-corrected chi connectivity index (χ4v) is 6.90. The molecule has 0 unspecified atom stereocenters. The third kappa shape index (κ3) is 4.78. The topological polar surface area (TPSA) is 96.2 Å². The first-order valence-electron chi connectivity index (χ1n) is 11.1. The zero-order valence-corrected chi connectivity index (χ0v) is 23.1. The van der Waals surface area contributed by atoms with Crippen LogP contribution in [-0.2, 0) is 26.2 Å². The molecule has 0 amide bonds.